The number of aromatic nitrogens is 2. The van der Waals surface area contributed by atoms with Crippen LogP contribution >= 0.6 is 0 Å². The number of anilines is 1. The van der Waals surface area contributed by atoms with Crippen LogP contribution in [0, 0.1) is 12.8 Å². The van der Waals surface area contributed by atoms with Gasteiger partial charge in [-0.25, -0.2) is 4.98 Å². The maximum Gasteiger partial charge on any atom is 0.203 e. The summed E-state index contributed by atoms with van der Waals surface area (Å²) in [5, 5.41) is 3.70. The lowest BCUT2D eigenvalue weighted by molar-refractivity contribution is 0.0968. The summed E-state index contributed by atoms with van der Waals surface area (Å²) in [6, 6.07) is 0.859. The molecule has 20 heavy (non-hydrogen) atoms. The molecule has 1 aromatic rings. The standard InChI is InChI=1S/C15H26N4O/c1-11-8-19(12(2)10-20-3)15(16-11)17-14-9-18-6-4-13(14)5-7-18/h8,12-14H,4-7,9-10H2,1-3H3,(H,16,17). The zero-order valence-corrected chi connectivity index (χ0v) is 12.8. The van der Waals surface area contributed by atoms with E-state index in [2.05, 4.69) is 39.8 Å². The summed E-state index contributed by atoms with van der Waals surface area (Å²) in [4.78, 5) is 7.24. The highest BCUT2D eigenvalue weighted by molar-refractivity contribution is 5.32. The first-order chi connectivity index (χ1) is 9.67. The Balaban J connectivity index is 1.73. The first kappa shape index (κ1) is 13.9. The van der Waals surface area contributed by atoms with Crippen LogP contribution in [0.5, 0.6) is 0 Å². The van der Waals surface area contributed by atoms with E-state index in [-0.39, 0.29) is 0 Å². The molecule has 5 nitrogen and oxygen atoms in total. The Bertz CT molecular complexity index is 451. The van der Waals surface area contributed by atoms with Crippen LogP contribution < -0.4 is 5.32 Å². The zero-order chi connectivity index (χ0) is 14.1. The SMILES string of the molecule is COCC(C)n1cc(C)nc1NC1CN2CCC1CC2. The first-order valence-corrected chi connectivity index (χ1v) is 7.70. The minimum Gasteiger partial charge on any atom is -0.383 e. The second kappa shape index (κ2) is 5.74. The molecular formula is C15H26N4O. The fourth-order valence-corrected chi connectivity index (χ4v) is 3.57. The van der Waals surface area contributed by atoms with Gasteiger partial charge < -0.3 is 19.5 Å². The van der Waals surface area contributed by atoms with Gasteiger partial charge in [0.05, 0.1) is 18.3 Å². The number of hydrogen-bond donors (Lipinski definition) is 1. The number of ether oxygens (including phenoxy) is 1. The molecule has 3 saturated heterocycles. The molecule has 3 aliphatic heterocycles. The van der Waals surface area contributed by atoms with Crippen LogP contribution in [0.3, 0.4) is 0 Å². The van der Waals surface area contributed by atoms with Gasteiger partial charge in [-0.1, -0.05) is 0 Å². The average molecular weight is 278 g/mol. The molecule has 112 valence electrons. The smallest absolute Gasteiger partial charge is 0.203 e. The highest BCUT2D eigenvalue weighted by atomic mass is 16.5. The number of rotatable bonds is 5. The van der Waals surface area contributed by atoms with Gasteiger partial charge in [0.15, 0.2) is 0 Å². The Morgan fingerprint density at radius 1 is 1.45 bits per heavy atom. The van der Waals surface area contributed by atoms with Gasteiger partial charge in [-0.05, 0) is 45.7 Å². The lowest BCUT2D eigenvalue weighted by Crippen LogP contribution is -2.53. The third kappa shape index (κ3) is 2.69. The van der Waals surface area contributed by atoms with Gasteiger partial charge in [0.1, 0.15) is 0 Å². The molecule has 0 spiro atoms. The molecule has 4 heterocycles. The van der Waals surface area contributed by atoms with Gasteiger partial charge in [-0.15, -0.1) is 0 Å². The highest BCUT2D eigenvalue weighted by Gasteiger charge is 2.34. The third-order valence-electron chi connectivity index (χ3n) is 4.71. The van der Waals surface area contributed by atoms with Crippen molar-refractivity contribution in [2.75, 3.05) is 38.7 Å². The maximum atomic E-state index is 5.28. The monoisotopic (exact) mass is 278 g/mol. The van der Waals surface area contributed by atoms with Crippen LogP contribution in [-0.2, 0) is 4.74 Å². The summed E-state index contributed by atoms with van der Waals surface area (Å²) < 4.78 is 7.50. The lowest BCUT2D eigenvalue weighted by Gasteiger charge is -2.45. The van der Waals surface area contributed by atoms with E-state index in [0.717, 1.165) is 24.1 Å². The molecular weight excluding hydrogens is 252 g/mol. The van der Waals surface area contributed by atoms with Gasteiger partial charge in [0.25, 0.3) is 0 Å². The second-order valence-electron chi connectivity index (χ2n) is 6.31. The van der Waals surface area contributed by atoms with E-state index in [1.807, 2.05) is 0 Å². The molecule has 0 aliphatic carbocycles. The maximum absolute atomic E-state index is 5.28. The van der Waals surface area contributed by atoms with E-state index in [9.17, 15) is 0 Å². The van der Waals surface area contributed by atoms with Gasteiger partial charge in [-0.3, -0.25) is 0 Å². The van der Waals surface area contributed by atoms with Crippen molar-refractivity contribution in [2.45, 2.75) is 38.8 Å². The van der Waals surface area contributed by atoms with Crippen molar-refractivity contribution in [1.82, 2.24) is 14.5 Å². The third-order valence-corrected chi connectivity index (χ3v) is 4.71. The van der Waals surface area contributed by atoms with Crippen molar-refractivity contribution in [3.05, 3.63) is 11.9 Å². The summed E-state index contributed by atoms with van der Waals surface area (Å²) >= 11 is 0. The number of nitrogens with one attached hydrogen (secondary N) is 1. The fraction of sp³-hybridized carbons (Fsp3) is 0.800. The van der Waals surface area contributed by atoms with Crippen molar-refractivity contribution in [1.29, 1.82) is 0 Å². The van der Waals surface area contributed by atoms with E-state index in [1.165, 1.54) is 25.9 Å². The van der Waals surface area contributed by atoms with Crippen molar-refractivity contribution in [3.63, 3.8) is 0 Å². The van der Waals surface area contributed by atoms with Gasteiger partial charge in [0, 0.05) is 25.9 Å². The van der Waals surface area contributed by atoms with E-state index in [0.29, 0.717) is 18.7 Å². The van der Waals surface area contributed by atoms with Gasteiger partial charge in [-0.2, -0.15) is 0 Å². The number of aryl methyl sites for hydroxylation is 1. The van der Waals surface area contributed by atoms with Crippen molar-refractivity contribution in [3.8, 4) is 0 Å². The minimum absolute atomic E-state index is 0.310. The Kier molecular flexibility index (Phi) is 3.98. The van der Waals surface area contributed by atoms with E-state index in [4.69, 9.17) is 4.74 Å². The number of fused-ring (bicyclic) bond motifs is 3. The molecule has 0 amide bonds. The fourth-order valence-electron chi connectivity index (χ4n) is 3.57. The van der Waals surface area contributed by atoms with E-state index in [1.54, 1.807) is 7.11 Å². The Labute approximate surface area is 121 Å². The second-order valence-corrected chi connectivity index (χ2v) is 6.31. The molecule has 5 heteroatoms. The van der Waals surface area contributed by atoms with Crippen LogP contribution in [-0.4, -0.2) is 53.8 Å². The van der Waals surface area contributed by atoms with Crippen LogP contribution in [0.2, 0.25) is 0 Å². The lowest BCUT2D eigenvalue weighted by atomic mass is 9.84. The molecule has 1 aromatic heterocycles. The number of nitrogens with zero attached hydrogens (tertiary/aromatic N) is 3. The van der Waals surface area contributed by atoms with Crippen LogP contribution in [0.4, 0.5) is 5.95 Å². The zero-order valence-electron chi connectivity index (χ0n) is 12.8. The van der Waals surface area contributed by atoms with Crippen LogP contribution in [0.15, 0.2) is 6.20 Å². The predicted octanol–water partition coefficient (Wildman–Crippen LogP) is 1.91. The number of hydrogen-bond acceptors (Lipinski definition) is 4. The van der Waals surface area contributed by atoms with Crippen molar-refractivity contribution < 1.29 is 4.74 Å². The van der Waals surface area contributed by atoms with Crippen molar-refractivity contribution in [2.24, 2.45) is 5.92 Å². The van der Waals surface area contributed by atoms with Crippen molar-refractivity contribution >= 4 is 5.95 Å². The summed E-state index contributed by atoms with van der Waals surface area (Å²) in [5.74, 6) is 1.81. The number of piperidine rings is 3. The molecule has 0 radical (unpaired) electrons. The van der Waals surface area contributed by atoms with Gasteiger partial charge in [0.2, 0.25) is 5.95 Å². The van der Waals surface area contributed by atoms with Crippen LogP contribution in [0.25, 0.3) is 0 Å². The van der Waals surface area contributed by atoms with E-state index < -0.39 is 0 Å². The summed E-state index contributed by atoms with van der Waals surface area (Å²) in [5.41, 5.74) is 1.07. The van der Waals surface area contributed by atoms with Crippen LogP contribution in [0.1, 0.15) is 31.5 Å². The molecule has 2 atom stereocenters. The minimum atomic E-state index is 0.310. The summed E-state index contributed by atoms with van der Waals surface area (Å²) in [7, 11) is 1.75. The Morgan fingerprint density at radius 2 is 2.20 bits per heavy atom. The van der Waals surface area contributed by atoms with E-state index >= 15 is 0 Å². The molecule has 3 fully saturated rings. The largest absolute Gasteiger partial charge is 0.383 e. The molecule has 3 aliphatic rings. The molecule has 0 aromatic carbocycles. The molecule has 2 bridgehead atoms. The first-order valence-electron chi connectivity index (χ1n) is 7.70. The number of imidazole rings is 1. The summed E-state index contributed by atoms with van der Waals surface area (Å²) in [6.45, 7) is 8.65. The summed E-state index contributed by atoms with van der Waals surface area (Å²) in [6.07, 6.45) is 4.77. The molecule has 1 N–H and O–H groups in total. The van der Waals surface area contributed by atoms with Gasteiger partial charge >= 0.3 is 0 Å². The predicted molar refractivity (Wildman–Crippen MR) is 80.1 cm³/mol. The molecule has 2 unspecified atom stereocenters. The molecule has 0 saturated carbocycles. The number of methoxy groups -OCH3 is 1. The quantitative estimate of drug-likeness (QED) is 0.893. The molecule has 4 rings (SSSR count). The highest BCUT2D eigenvalue weighted by Crippen LogP contribution is 2.30. The topological polar surface area (TPSA) is 42.3 Å². The Morgan fingerprint density at radius 3 is 2.80 bits per heavy atom. The average Bonchev–Trinajstić information content (AvgIpc) is 2.81. The normalized spacial score (nSPS) is 30.4. The Hall–Kier alpha value is -1.07.